The standard InChI is InChI=1S/C56H102O31/c1-64-34-28(16-22-58)78-51(45(71-8)40(34)66-3)56(87-38-31(19-25-61)80-52(77-14)47(73-10)43(38)69-6)50(76-13)44(70-7)37(32(86-56)20-26-62)85-55-49(75-12)42(68-5)36(30(82-55)18-24-60)84-54-48(74-11)41(67-4)35(29(81-54)17-23-59)83-53-46(72-9)39(65-2)33(63)27(79-53)15-21-57/h27-55,57-63H,15-26H2,1-14H3/t27?,28?,29?,30?,31?,32?,33-,34+,35-,36-,37-,38-,39+,40+,41+,42+,43+,44+,45?,46?,47?,48?,49?,50?,51+,52+,53+,54+,55+,56+/m0/s1. The minimum Gasteiger partial charge on any atom is -0.396 e. The minimum atomic E-state index is -2.21. The van der Waals surface area contributed by atoms with E-state index in [4.69, 9.17) is 114 Å². The molecule has 0 saturated carbocycles. The van der Waals surface area contributed by atoms with Gasteiger partial charge in [-0.15, -0.1) is 0 Å². The van der Waals surface area contributed by atoms with E-state index in [1.807, 2.05) is 0 Å². The van der Waals surface area contributed by atoms with E-state index in [1.165, 1.54) is 99.5 Å². The lowest BCUT2D eigenvalue weighted by Gasteiger charge is -2.60. The first-order valence-corrected chi connectivity index (χ1v) is 29.5. The Labute approximate surface area is 509 Å². The van der Waals surface area contributed by atoms with Gasteiger partial charge in [-0.1, -0.05) is 0 Å². The Hall–Kier alpha value is -1.24. The van der Waals surface area contributed by atoms with Crippen LogP contribution >= 0.6 is 0 Å². The summed E-state index contributed by atoms with van der Waals surface area (Å²) in [6.07, 6.45) is -31.6. The number of ether oxygens (including phenoxy) is 24. The molecule has 0 amide bonds. The molecule has 0 bridgehead atoms. The number of rotatable bonds is 35. The third kappa shape index (κ3) is 16.0. The van der Waals surface area contributed by atoms with Gasteiger partial charge in [-0.05, 0) is 38.5 Å². The van der Waals surface area contributed by atoms with Crippen molar-refractivity contribution in [2.75, 3.05) is 139 Å². The summed E-state index contributed by atoms with van der Waals surface area (Å²) in [6, 6.07) is 0. The van der Waals surface area contributed by atoms with Crippen molar-refractivity contribution in [3.63, 3.8) is 0 Å². The molecule has 0 aromatic rings. The van der Waals surface area contributed by atoms with Gasteiger partial charge in [-0.3, -0.25) is 0 Å². The zero-order valence-corrected chi connectivity index (χ0v) is 52.7. The van der Waals surface area contributed by atoms with Crippen LogP contribution in [-0.4, -0.2) is 358 Å². The first kappa shape index (κ1) is 74.8. The molecule has 6 fully saturated rings. The molecule has 6 saturated heterocycles. The minimum absolute atomic E-state index is 0.00343. The van der Waals surface area contributed by atoms with Crippen LogP contribution in [0.4, 0.5) is 0 Å². The second kappa shape index (κ2) is 36.4. The monoisotopic (exact) mass is 1270 g/mol. The molecule has 0 aromatic carbocycles. The zero-order chi connectivity index (χ0) is 63.7. The van der Waals surface area contributed by atoms with E-state index in [0.29, 0.717) is 0 Å². The van der Waals surface area contributed by atoms with E-state index in [2.05, 4.69) is 0 Å². The smallest absolute Gasteiger partial charge is 0.228 e. The van der Waals surface area contributed by atoms with Crippen LogP contribution in [0.2, 0.25) is 0 Å². The maximum atomic E-state index is 11.1. The van der Waals surface area contributed by atoms with Gasteiger partial charge in [0, 0.05) is 139 Å². The summed E-state index contributed by atoms with van der Waals surface area (Å²) in [5.41, 5.74) is 0. The third-order valence-corrected chi connectivity index (χ3v) is 17.6. The molecule has 6 aliphatic heterocycles. The summed E-state index contributed by atoms with van der Waals surface area (Å²) in [5.74, 6) is -2.21. The number of aliphatic hydroxyl groups excluding tert-OH is 7. The molecule has 0 radical (unpaired) electrons. The van der Waals surface area contributed by atoms with Crippen LogP contribution in [0.3, 0.4) is 0 Å². The Kier molecular flexibility index (Phi) is 31.3. The zero-order valence-electron chi connectivity index (χ0n) is 52.7. The fourth-order valence-corrected chi connectivity index (χ4v) is 13.6. The van der Waals surface area contributed by atoms with E-state index < -0.39 is 197 Å². The van der Waals surface area contributed by atoms with Crippen molar-refractivity contribution >= 4 is 0 Å². The van der Waals surface area contributed by atoms with Crippen molar-refractivity contribution in [3.8, 4) is 0 Å². The van der Waals surface area contributed by atoms with Crippen LogP contribution in [0, 0.1) is 0 Å². The van der Waals surface area contributed by atoms with Crippen LogP contribution in [0.25, 0.3) is 0 Å². The molecule has 30 atom stereocenters. The predicted octanol–water partition coefficient (Wildman–Crippen LogP) is -3.21. The van der Waals surface area contributed by atoms with Gasteiger partial charge in [0.15, 0.2) is 25.2 Å². The third-order valence-electron chi connectivity index (χ3n) is 17.6. The maximum Gasteiger partial charge on any atom is 0.228 e. The van der Waals surface area contributed by atoms with E-state index in [-0.39, 0.29) is 65.0 Å². The van der Waals surface area contributed by atoms with E-state index in [1.54, 1.807) is 0 Å². The van der Waals surface area contributed by atoms with Gasteiger partial charge in [-0.2, -0.15) is 0 Å². The lowest BCUT2D eigenvalue weighted by atomic mass is 9.81. The number of aliphatic hydroxyl groups is 7. The number of hydrogen-bond acceptors (Lipinski definition) is 31. The van der Waals surface area contributed by atoms with Gasteiger partial charge in [0.1, 0.15) is 116 Å². The van der Waals surface area contributed by atoms with Crippen LogP contribution in [0.1, 0.15) is 38.5 Å². The molecular weight excluding hydrogens is 1170 g/mol. The highest BCUT2D eigenvalue weighted by atomic mass is 16.8. The molecule has 7 N–H and O–H groups in total. The lowest BCUT2D eigenvalue weighted by molar-refractivity contribution is -0.454. The Morgan fingerprint density at radius 1 is 0.276 bits per heavy atom. The van der Waals surface area contributed by atoms with Crippen molar-refractivity contribution in [1.82, 2.24) is 0 Å². The van der Waals surface area contributed by atoms with Gasteiger partial charge in [-0.25, -0.2) is 0 Å². The van der Waals surface area contributed by atoms with Crippen molar-refractivity contribution in [2.24, 2.45) is 0 Å². The highest BCUT2D eigenvalue weighted by molar-refractivity contribution is 5.12. The summed E-state index contributed by atoms with van der Waals surface area (Å²) < 4.78 is 154. The molecule has 6 aliphatic rings. The first-order chi connectivity index (χ1) is 42.2. The topological polar surface area (TPSA) is 363 Å². The SMILES string of the molecule is COC1[C@H]([C@@]2(O[C@H]3C(CCO)O[C@@H](OC)C(OC)[C@@H]3OC)OC(CCO)[C@H](O[C@H]3OC(CCO)[C@H](O[C@H]4OC(CCO)[C@H](O[C@H]5OC(CCO)[C@H](O)[C@@H](OC)C5OC)[C@@H](OC)C4OC)[C@@H](OC)C3OC)[C@@H](OC)C2OC)OC(CCO)[C@@H](OC)[C@H]1OC. The van der Waals surface area contributed by atoms with Gasteiger partial charge < -0.3 is 149 Å². The van der Waals surface area contributed by atoms with Crippen molar-refractivity contribution in [3.05, 3.63) is 0 Å². The maximum absolute atomic E-state index is 11.1. The normalized spacial score (nSPS) is 44.7. The predicted molar refractivity (Wildman–Crippen MR) is 294 cm³/mol. The molecule has 12 unspecified atom stereocenters. The summed E-state index contributed by atoms with van der Waals surface area (Å²) in [4.78, 5) is 0. The number of hydrogen-bond donors (Lipinski definition) is 7. The van der Waals surface area contributed by atoms with E-state index in [9.17, 15) is 35.7 Å². The van der Waals surface area contributed by atoms with Crippen LogP contribution < -0.4 is 0 Å². The van der Waals surface area contributed by atoms with E-state index in [0.717, 1.165) is 0 Å². The quantitative estimate of drug-likeness (QED) is 0.0328. The molecule has 31 nitrogen and oxygen atoms in total. The van der Waals surface area contributed by atoms with Crippen LogP contribution in [-0.2, 0) is 114 Å². The molecule has 512 valence electrons. The van der Waals surface area contributed by atoms with E-state index >= 15 is 0 Å². The lowest BCUT2D eigenvalue weighted by Crippen LogP contribution is -2.78. The molecule has 6 rings (SSSR count). The molecule has 31 heteroatoms. The van der Waals surface area contributed by atoms with Gasteiger partial charge in [0.25, 0.3) is 0 Å². The van der Waals surface area contributed by atoms with Crippen LogP contribution in [0.5, 0.6) is 0 Å². The second-order valence-corrected chi connectivity index (χ2v) is 21.9. The van der Waals surface area contributed by atoms with Gasteiger partial charge >= 0.3 is 0 Å². The molecule has 0 spiro atoms. The Morgan fingerprint density at radius 3 is 0.977 bits per heavy atom. The molecule has 6 heterocycles. The molecule has 0 aromatic heterocycles. The highest BCUT2D eigenvalue weighted by Crippen LogP contribution is 2.49. The van der Waals surface area contributed by atoms with Crippen molar-refractivity contribution < 1.29 is 149 Å². The summed E-state index contributed by atoms with van der Waals surface area (Å²) in [7, 11) is 20.1. The number of methoxy groups -OCH3 is 14. The fraction of sp³-hybridized carbons (Fsp3) is 1.00. The van der Waals surface area contributed by atoms with Crippen molar-refractivity contribution in [2.45, 2.75) is 222 Å². The molecular formula is C56H102O31. The van der Waals surface area contributed by atoms with Crippen LogP contribution in [0.15, 0.2) is 0 Å². The first-order valence-electron chi connectivity index (χ1n) is 29.5. The molecule has 87 heavy (non-hydrogen) atoms. The van der Waals surface area contributed by atoms with Crippen molar-refractivity contribution in [1.29, 1.82) is 0 Å². The Bertz CT molecular complexity index is 1890. The second-order valence-electron chi connectivity index (χ2n) is 21.9. The largest absolute Gasteiger partial charge is 0.396 e. The summed E-state index contributed by atoms with van der Waals surface area (Å²) in [6.45, 7) is -2.24. The summed E-state index contributed by atoms with van der Waals surface area (Å²) in [5, 5.41) is 74.1. The average molecular weight is 1270 g/mol. The summed E-state index contributed by atoms with van der Waals surface area (Å²) >= 11 is 0. The Morgan fingerprint density at radius 2 is 0.586 bits per heavy atom. The molecule has 0 aliphatic carbocycles. The Balaban J connectivity index is 1.39. The van der Waals surface area contributed by atoms with Gasteiger partial charge in [0.05, 0.1) is 36.6 Å². The van der Waals surface area contributed by atoms with Gasteiger partial charge in [0.2, 0.25) is 5.79 Å². The highest BCUT2D eigenvalue weighted by Gasteiger charge is 2.69. The average Bonchev–Trinajstić information content (AvgIpc) is 0.880. The fourth-order valence-electron chi connectivity index (χ4n) is 13.6.